The summed E-state index contributed by atoms with van der Waals surface area (Å²) in [6.07, 6.45) is -0.372. The monoisotopic (exact) mass is 189 g/mol. The standard InChI is InChI=1S/C8H15NO4/c10-7-5-9(2-1-8(11)12)3-4-13-6-7/h7,10H,1-6H2,(H,11,12). The van der Waals surface area contributed by atoms with Crippen molar-refractivity contribution in [3.05, 3.63) is 0 Å². The van der Waals surface area contributed by atoms with Crippen molar-refractivity contribution in [2.24, 2.45) is 0 Å². The van der Waals surface area contributed by atoms with Gasteiger partial charge in [0.15, 0.2) is 0 Å². The number of carboxylic acids is 1. The summed E-state index contributed by atoms with van der Waals surface area (Å²) in [6.45, 7) is 2.60. The van der Waals surface area contributed by atoms with Crippen LogP contribution in [0, 0.1) is 0 Å². The predicted molar refractivity (Wildman–Crippen MR) is 45.5 cm³/mol. The Hall–Kier alpha value is -0.650. The minimum atomic E-state index is -0.806. The van der Waals surface area contributed by atoms with E-state index < -0.39 is 12.1 Å². The smallest absolute Gasteiger partial charge is 0.304 e. The number of aliphatic hydroxyl groups is 1. The number of carboxylic acid groups (broad SMARTS) is 1. The highest BCUT2D eigenvalue weighted by Gasteiger charge is 2.16. The van der Waals surface area contributed by atoms with Gasteiger partial charge in [-0.15, -0.1) is 0 Å². The van der Waals surface area contributed by atoms with Crippen LogP contribution in [0.2, 0.25) is 0 Å². The lowest BCUT2D eigenvalue weighted by molar-refractivity contribution is -0.137. The molecule has 1 unspecified atom stereocenters. The largest absolute Gasteiger partial charge is 0.481 e. The number of β-amino-alcohol motifs (C(OH)–C–C–N with tert-alkyl or cyclic N) is 1. The molecule has 0 radical (unpaired) electrons. The molecule has 2 N–H and O–H groups in total. The molecule has 0 aliphatic carbocycles. The van der Waals surface area contributed by atoms with E-state index in [0.717, 1.165) is 0 Å². The quantitative estimate of drug-likeness (QED) is 0.605. The van der Waals surface area contributed by atoms with Gasteiger partial charge in [-0.05, 0) is 0 Å². The third-order valence-corrected chi connectivity index (χ3v) is 1.97. The molecular formula is C8H15NO4. The zero-order valence-electron chi connectivity index (χ0n) is 7.48. The lowest BCUT2D eigenvalue weighted by Gasteiger charge is -2.19. The Morgan fingerprint density at radius 1 is 1.62 bits per heavy atom. The Balaban J connectivity index is 2.26. The van der Waals surface area contributed by atoms with E-state index in [0.29, 0.717) is 32.8 Å². The minimum absolute atomic E-state index is 0.118. The molecule has 13 heavy (non-hydrogen) atoms. The van der Waals surface area contributed by atoms with Crippen LogP contribution in [0.4, 0.5) is 0 Å². The van der Waals surface area contributed by atoms with Crippen LogP contribution in [-0.2, 0) is 9.53 Å². The highest BCUT2D eigenvalue weighted by atomic mass is 16.5. The number of hydrogen-bond acceptors (Lipinski definition) is 4. The van der Waals surface area contributed by atoms with E-state index in [2.05, 4.69) is 0 Å². The number of ether oxygens (including phenoxy) is 1. The van der Waals surface area contributed by atoms with Gasteiger partial charge in [-0.3, -0.25) is 9.69 Å². The molecule has 1 heterocycles. The topological polar surface area (TPSA) is 70.0 Å². The van der Waals surface area contributed by atoms with Crippen LogP contribution in [-0.4, -0.2) is 60.0 Å². The average molecular weight is 189 g/mol. The van der Waals surface area contributed by atoms with E-state index in [1.807, 2.05) is 4.90 Å². The first-order valence-corrected chi connectivity index (χ1v) is 4.38. The molecule has 76 valence electrons. The van der Waals surface area contributed by atoms with Gasteiger partial charge in [0, 0.05) is 19.6 Å². The van der Waals surface area contributed by atoms with Gasteiger partial charge in [-0.1, -0.05) is 0 Å². The zero-order valence-corrected chi connectivity index (χ0v) is 7.48. The number of hydrogen-bond donors (Lipinski definition) is 2. The second kappa shape index (κ2) is 5.16. The molecule has 1 saturated heterocycles. The molecule has 1 aliphatic heterocycles. The van der Waals surface area contributed by atoms with Crippen molar-refractivity contribution in [1.82, 2.24) is 4.90 Å². The molecule has 1 atom stereocenters. The summed E-state index contributed by atoms with van der Waals surface area (Å²) in [7, 11) is 0. The fourth-order valence-electron chi connectivity index (χ4n) is 1.31. The van der Waals surface area contributed by atoms with Gasteiger partial charge in [0.25, 0.3) is 0 Å². The van der Waals surface area contributed by atoms with Crippen LogP contribution in [0.25, 0.3) is 0 Å². The molecule has 0 aromatic rings. The Kier molecular flexibility index (Phi) is 4.14. The maximum atomic E-state index is 10.3. The molecular weight excluding hydrogens is 174 g/mol. The Morgan fingerprint density at radius 3 is 3.08 bits per heavy atom. The SMILES string of the molecule is O=C(O)CCN1CCOCC(O)C1. The lowest BCUT2D eigenvalue weighted by atomic mass is 10.3. The second-order valence-corrected chi connectivity index (χ2v) is 3.17. The Morgan fingerprint density at radius 2 is 2.38 bits per heavy atom. The summed E-state index contributed by atoms with van der Waals surface area (Å²) in [5.74, 6) is -0.806. The first kappa shape index (κ1) is 10.4. The third-order valence-electron chi connectivity index (χ3n) is 1.97. The van der Waals surface area contributed by atoms with Crippen molar-refractivity contribution in [3.63, 3.8) is 0 Å². The van der Waals surface area contributed by atoms with E-state index in [1.165, 1.54) is 0 Å². The molecule has 5 heteroatoms. The molecule has 1 aliphatic rings. The first-order valence-electron chi connectivity index (χ1n) is 4.38. The summed E-state index contributed by atoms with van der Waals surface area (Å²) in [6, 6.07) is 0. The lowest BCUT2D eigenvalue weighted by Crippen LogP contribution is -2.34. The normalized spacial score (nSPS) is 25.5. The highest BCUT2D eigenvalue weighted by Crippen LogP contribution is 2.00. The van der Waals surface area contributed by atoms with Crippen LogP contribution in [0.1, 0.15) is 6.42 Å². The fraction of sp³-hybridized carbons (Fsp3) is 0.875. The van der Waals surface area contributed by atoms with E-state index in [9.17, 15) is 9.90 Å². The third kappa shape index (κ3) is 4.21. The van der Waals surface area contributed by atoms with Crippen LogP contribution in [0.3, 0.4) is 0 Å². The predicted octanol–water partition coefficient (Wildman–Crippen LogP) is -0.846. The fourth-order valence-corrected chi connectivity index (χ4v) is 1.31. The highest BCUT2D eigenvalue weighted by molar-refractivity contribution is 5.66. The van der Waals surface area contributed by atoms with Crippen molar-refractivity contribution < 1.29 is 19.7 Å². The molecule has 5 nitrogen and oxygen atoms in total. The molecule has 0 spiro atoms. The van der Waals surface area contributed by atoms with Gasteiger partial charge in [0.2, 0.25) is 0 Å². The minimum Gasteiger partial charge on any atom is -0.481 e. The van der Waals surface area contributed by atoms with E-state index in [1.54, 1.807) is 0 Å². The van der Waals surface area contributed by atoms with E-state index >= 15 is 0 Å². The van der Waals surface area contributed by atoms with Crippen LogP contribution in [0.5, 0.6) is 0 Å². The van der Waals surface area contributed by atoms with Crippen molar-refractivity contribution in [2.75, 3.05) is 32.8 Å². The summed E-state index contributed by atoms with van der Waals surface area (Å²) in [5, 5.41) is 17.8. The number of carbonyl (C=O) groups is 1. The molecule has 0 saturated carbocycles. The number of rotatable bonds is 3. The summed E-state index contributed by atoms with van der Waals surface area (Å²) >= 11 is 0. The van der Waals surface area contributed by atoms with E-state index in [-0.39, 0.29) is 6.42 Å². The van der Waals surface area contributed by atoms with Crippen LogP contribution in [0.15, 0.2) is 0 Å². The number of aliphatic hydroxyl groups excluding tert-OH is 1. The summed E-state index contributed by atoms with van der Waals surface area (Å²) in [5.41, 5.74) is 0. The molecule has 1 rings (SSSR count). The van der Waals surface area contributed by atoms with Crippen LogP contribution >= 0.6 is 0 Å². The summed E-state index contributed by atoms with van der Waals surface area (Å²) < 4.78 is 5.10. The molecule has 0 amide bonds. The number of aliphatic carboxylic acids is 1. The first-order chi connectivity index (χ1) is 6.18. The van der Waals surface area contributed by atoms with Crippen molar-refractivity contribution in [2.45, 2.75) is 12.5 Å². The van der Waals surface area contributed by atoms with E-state index in [4.69, 9.17) is 9.84 Å². The van der Waals surface area contributed by atoms with Gasteiger partial charge in [-0.2, -0.15) is 0 Å². The van der Waals surface area contributed by atoms with Gasteiger partial charge >= 0.3 is 5.97 Å². The zero-order chi connectivity index (χ0) is 9.68. The van der Waals surface area contributed by atoms with Crippen LogP contribution < -0.4 is 0 Å². The molecule has 0 aromatic heterocycles. The second-order valence-electron chi connectivity index (χ2n) is 3.17. The van der Waals surface area contributed by atoms with Crippen molar-refractivity contribution in [3.8, 4) is 0 Å². The maximum absolute atomic E-state index is 10.3. The summed E-state index contributed by atoms with van der Waals surface area (Å²) in [4.78, 5) is 12.2. The molecule has 1 fully saturated rings. The Bertz CT molecular complexity index is 174. The van der Waals surface area contributed by atoms with Crippen molar-refractivity contribution in [1.29, 1.82) is 0 Å². The number of nitrogens with zero attached hydrogens (tertiary/aromatic N) is 1. The van der Waals surface area contributed by atoms with Gasteiger partial charge < -0.3 is 14.9 Å². The van der Waals surface area contributed by atoms with Gasteiger partial charge in [0.05, 0.1) is 25.7 Å². The Labute approximate surface area is 76.9 Å². The maximum Gasteiger partial charge on any atom is 0.304 e. The average Bonchev–Trinajstić information content (AvgIpc) is 2.26. The van der Waals surface area contributed by atoms with Gasteiger partial charge in [-0.25, -0.2) is 0 Å². The van der Waals surface area contributed by atoms with Gasteiger partial charge in [0.1, 0.15) is 0 Å². The molecule has 0 aromatic carbocycles. The van der Waals surface area contributed by atoms with Crippen molar-refractivity contribution >= 4 is 5.97 Å². The molecule has 0 bridgehead atoms.